The number of ketones is 1. The number of carbonyl (C=O) groups excluding carboxylic acids is 3. The molecule has 0 spiro atoms. The zero-order valence-corrected chi connectivity index (χ0v) is 11.7. The summed E-state index contributed by atoms with van der Waals surface area (Å²) in [7, 11) is 0. The fourth-order valence-corrected chi connectivity index (χ4v) is 2.20. The van der Waals surface area contributed by atoms with Crippen molar-refractivity contribution >= 4 is 17.6 Å². The predicted octanol–water partition coefficient (Wildman–Crippen LogP) is -0.634. The fourth-order valence-electron chi connectivity index (χ4n) is 2.20. The summed E-state index contributed by atoms with van der Waals surface area (Å²) in [5.41, 5.74) is 4.92. The first-order chi connectivity index (χ1) is 7.07. The van der Waals surface area contributed by atoms with Gasteiger partial charge in [-0.15, -0.1) is 0 Å². The average molecular weight is 296 g/mol. The van der Waals surface area contributed by atoms with Crippen LogP contribution in [0.3, 0.4) is 0 Å². The van der Waals surface area contributed by atoms with Crippen LogP contribution < -0.4 is 5.73 Å². The standard InChI is InChI=1S/C10H11N2O3.Y/c1-5-7-2-3-8(13)12(7)10(15)6(4-11)9(5)14;/h5,7H,2-3,11H2,1H3;/q-1;. The van der Waals surface area contributed by atoms with Crippen LogP contribution >= 0.6 is 0 Å². The SMILES string of the molecule is CC1C(=O)C(=[C-]N)C(=O)N2C(=O)CCC12.[Y]. The summed E-state index contributed by atoms with van der Waals surface area (Å²) in [6.45, 7) is 1.71. The van der Waals surface area contributed by atoms with Crippen molar-refractivity contribution in [2.75, 3.05) is 0 Å². The van der Waals surface area contributed by atoms with Crippen molar-refractivity contribution in [1.82, 2.24) is 4.90 Å². The van der Waals surface area contributed by atoms with Crippen LogP contribution in [-0.4, -0.2) is 28.5 Å². The van der Waals surface area contributed by atoms with E-state index in [4.69, 9.17) is 5.73 Å². The predicted molar refractivity (Wildman–Crippen MR) is 50.0 cm³/mol. The van der Waals surface area contributed by atoms with Gasteiger partial charge in [0.2, 0.25) is 5.91 Å². The van der Waals surface area contributed by atoms with Crippen LogP contribution in [0.4, 0.5) is 0 Å². The maximum absolute atomic E-state index is 11.7. The third kappa shape index (κ3) is 1.76. The normalized spacial score (nSPS) is 31.7. The first kappa shape index (κ1) is 13.5. The monoisotopic (exact) mass is 296 g/mol. The van der Waals surface area contributed by atoms with Crippen LogP contribution in [0.1, 0.15) is 19.8 Å². The summed E-state index contributed by atoms with van der Waals surface area (Å²) in [6, 6.07) is -0.283. The van der Waals surface area contributed by atoms with Crippen LogP contribution in [0, 0.1) is 12.1 Å². The molecule has 0 saturated carbocycles. The van der Waals surface area contributed by atoms with Crippen molar-refractivity contribution in [1.29, 1.82) is 0 Å². The Bertz CT molecular complexity index is 392. The molecular weight excluding hydrogens is 285 g/mol. The molecule has 2 heterocycles. The average Bonchev–Trinajstić information content (AvgIpc) is 2.58. The van der Waals surface area contributed by atoms with Crippen molar-refractivity contribution in [2.24, 2.45) is 11.7 Å². The zero-order valence-electron chi connectivity index (χ0n) is 8.90. The van der Waals surface area contributed by atoms with E-state index in [1.165, 1.54) is 0 Å². The zero-order chi connectivity index (χ0) is 11.2. The molecule has 2 N–H and O–H groups in total. The Hall–Kier alpha value is -0.546. The molecular formula is C10H11N2O3Y-. The number of nitrogens with zero attached hydrogens (tertiary/aromatic N) is 1. The van der Waals surface area contributed by atoms with Gasteiger partial charge in [0.15, 0.2) is 0 Å². The molecule has 2 aliphatic rings. The number of amides is 2. The molecule has 2 fully saturated rings. The van der Waals surface area contributed by atoms with E-state index in [1.54, 1.807) is 6.92 Å². The molecule has 2 atom stereocenters. The summed E-state index contributed by atoms with van der Waals surface area (Å²) in [5, 5.41) is 0. The smallest absolute Gasteiger partial charge is 0.218 e. The minimum Gasteiger partial charge on any atom is -0.457 e. The van der Waals surface area contributed by atoms with Crippen molar-refractivity contribution in [2.45, 2.75) is 25.8 Å². The van der Waals surface area contributed by atoms with E-state index in [2.05, 4.69) is 6.20 Å². The van der Waals surface area contributed by atoms with Gasteiger partial charge in [-0.1, -0.05) is 18.7 Å². The van der Waals surface area contributed by atoms with Gasteiger partial charge in [0.25, 0.3) is 0 Å². The third-order valence-corrected chi connectivity index (χ3v) is 3.07. The molecule has 0 aromatic heterocycles. The van der Waals surface area contributed by atoms with Crippen LogP contribution in [0.15, 0.2) is 5.57 Å². The second-order valence-electron chi connectivity index (χ2n) is 3.85. The Morgan fingerprint density at radius 1 is 1.38 bits per heavy atom. The number of nitrogens with two attached hydrogens (primary N) is 1. The van der Waals surface area contributed by atoms with Gasteiger partial charge >= 0.3 is 0 Å². The molecule has 0 bridgehead atoms. The number of fused-ring (bicyclic) bond motifs is 1. The van der Waals surface area contributed by atoms with E-state index in [9.17, 15) is 14.4 Å². The summed E-state index contributed by atoms with van der Waals surface area (Å²) in [5.74, 6) is -1.48. The molecule has 2 aliphatic heterocycles. The summed E-state index contributed by atoms with van der Waals surface area (Å²) < 4.78 is 0. The van der Waals surface area contributed by atoms with E-state index in [0.29, 0.717) is 12.8 Å². The Balaban J connectivity index is 0.00000128. The number of imide groups is 1. The van der Waals surface area contributed by atoms with Gasteiger partial charge in [-0.2, -0.15) is 0 Å². The third-order valence-electron chi connectivity index (χ3n) is 3.07. The number of rotatable bonds is 0. The summed E-state index contributed by atoms with van der Waals surface area (Å²) in [4.78, 5) is 36.0. The van der Waals surface area contributed by atoms with Gasteiger partial charge in [-0.25, -0.2) is 0 Å². The second kappa shape index (κ2) is 4.76. The van der Waals surface area contributed by atoms with Gasteiger partial charge in [0.05, 0.1) is 5.78 Å². The molecule has 16 heavy (non-hydrogen) atoms. The summed E-state index contributed by atoms with van der Waals surface area (Å²) >= 11 is 0. The number of carbonyl (C=O) groups is 3. The first-order valence-electron chi connectivity index (χ1n) is 4.82. The van der Waals surface area contributed by atoms with Gasteiger partial charge < -0.3 is 20.2 Å². The van der Waals surface area contributed by atoms with Crippen LogP contribution in [0.5, 0.6) is 0 Å². The molecule has 2 saturated heterocycles. The second-order valence-corrected chi connectivity index (χ2v) is 3.85. The molecule has 0 aromatic carbocycles. The number of piperidine rings is 1. The van der Waals surface area contributed by atoms with Gasteiger partial charge in [0.1, 0.15) is 5.91 Å². The molecule has 2 unspecified atom stereocenters. The van der Waals surface area contributed by atoms with Crippen molar-refractivity contribution < 1.29 is 47.1 Å². The molecule has 2 amide bonds. The number of Topliss-reactive ketones (excluding diaryl/α,β-unsaturated/α-hetero) is 1. The minimum absolute atomic E-state index is 0. The molecule has 5 nitrogen and oxygen atoms in total. The maximum atomic E-state index is 11.7. The number of hydrogen-bond donors (Lipinski definition) is 1. The minimum atomic E-state index is -0.590. The van der Waals surface area contributed by atoms with Crippen molar-refractivity contribution in [3.05, 3.63) is 11.8 Å². The molecule has 83 valence electrons. The molecule has 1 radical (unpaired) electrons. The quantitative estimate of drug-likeness (QED) is 0.212. The van der Waals surface area contributed by atoms with Crippen molar-refractivity contribution in [3.63, 3.8) is 0 Å². The van der Waals surface area contributed by atoms with Gasteiger partial charge in [-0.3, -0.25) is 4.79 Å². The van der Waals surface area contributed by atoms with E-state index in [-0.39, 0.29) is 61.9 Å². The van der Waals surface area contributed by atoms with Crippen molar-refractivity contribution in [3.8, 4) is 0 Å². The van der Waals surface area contributed by atoms with E-state index >= 15 is 0 Å². The Morgan fingerprint density at radius 2 is 2.00 bits per heavy atom. The Labute approximate surface area is 118 Å². The topological polar surface area (TPSA) is 80.5 Å². The Morgan fingerprint density at radius 3 is 2.56 bits per heavy atom. The van der Waals surface area contributed by atoms with Gasteiger partial charge in [0, 0.05) is 45.2 Å². The van der Waals surface area contributed by atoms with Gasteiger partial charge in [-0.05, 0) is 12.3 Å². The molecule has 0 aliphatic carbocycles. The Kier molecular flexibility index (Phi) is 4.02. The van der Waals surface area contributed by atoms with E-state index < -0.39 is 5.91 Å². The van der Waals surface area contributed by atoms with E-state index in [1.807, 2.05) is 0 Å². The van der Waals surface area contributed by atoms with E-state index in [0.717, 1.165) is 4.90 Å². The fraction of sp³-hybridized carbons (Fsp3) is 0.500. The molecule has 2 rings (SSSR count). The summed E-state index contributed by atoms with van der Waals surface area (Å²) in [6.07, 6.45) is 2.98. The number of hydrogen-bond acceptors (Lipinski definition) is 4. The van der Waals surface area contributed by atoms with Crippen LogP contribution in [0.25, 0.3) is 0 Å². The van der Waals surface area contributed by atoms with Crippen LogP contribution in [-0.2, 0) is 47.1 Å². The molecule has 6 heteroatoms. The first-order valence-corrected chi connectivity index (χ1v) is 4.82. The van der Waals surface area contributed by atoms with Crippen LogP contribution in [0.2, 0.25) is 0 Å². The largest absolute Gasteiger partial charge is 0.457 e. The molecule has 0 aromatic rings. The maximum Gasteiger partial charge on any atom is 0.218 e.